The number of likely N-dealkylation sites (tertiary alicyclic amines) is 1. The molecule has 1 fully saturated rings. The summed E-state index contributed by atoms with van der Waals surface area (Å²) >= 11 is 0. The highest BCUT2D eigenvalue weighted by molar-refractivity contribution is 7.89. The third-order valence-electron chi connectivity index (χ3n) is 7.15. The molecule has 1 saturated heterocycles. The summed E-state index contributed by atoms with van der Waals surface area (Å²) in [4.78, 5) is 51.0. The maximum atomic E-state index is 13.7. The van der Waals surface area contributed by atoms with Gasteiger partial charge in [-0.2, -0.15) is 4.72 Å². The maximum Gasteiger partial charge on any atom is 0.331 e. The number of hydrogen-bond acceptors (Lipinski definition) is 8. The number of carbonyl (C=O) groups is 3. The van der Waals surface area contributed by atoms with E-state index in [2.05, 4.69) is 10.0 Å². The predicted octanol–water partition coefficient (Wildman–Crippen LogP) is 2.72. The Hall–Kier alpha value is -4.62. The number of ether oxygens (including phenoxy) is 1. The molecular formula is C30H32N4O8S. The van der Waals surface area contributed by atoms with Crippen molar-refractivity contribution in [3.63, 3.8) is 0 Å². The summed E-state index contributed by atoms with van der Waals surface area (Å²) in [6.45, 7) is 4.23. The van der Waals surface area contributed by atoms with Crippen molar-refractivity contribution in [2.24, 2.45) is 0 Å². The van der Waals surface area contributed by atoms with Gasteiger partial charge in [0.15, 0.2) is 4.90 Å². The fraction of sp³-hybridized carbons (Fsp3) is 0.300. The molecule has 2 amide bonds. The molecule has 226 valence electrons. The molecule has 0 aliphatic carbocycles. The van der Waals surface area contributed by atoms with Crippen LogP contribution in [0.5, 0.6) is 0 Å². The molecule has 1 aliphatic heterocycles. The van der Waals surface area contributed by atoms with Crippen molar-refractivity contribution >= 4 is 33.5 Å². The van der Waals surface area contributed by atoms with E-state index in [9.17, 15) is 32.9 Å². The third kappa shape index (κ3) is 6.89. The highest BCUT2D eigenvalue weighted by Gasteiger charge is 2.57. The second-order valence-corrected chi connectivity index (χ2v) is 12.5. The number of nitro groups is 1. The van der Waals surface area contributed by atoms with Gasteiger partial charge in [-0.3, -0.25) is 19.7 Å². The zero-order chi connectivity index (χ0) is 31.4. The standard InChI is InChI=1S/C30H32N4O8S/c1-21(26(35)31-29(2,3)28(37)42-19-23-14-8-5-9-15-23)33-20-30(27(33)36,18-22-12-6-4-7-13-22)32-43(40,41)25-17-11-10-16-24(25)34(38)39/h4-17,21,32H,18-20H2,1-3H3,(H,31,35)/t21-,30-/m1/s1. The third-order valence-corrected chi connectivity index (χ3v) is 8.73. The number of nitrogens with one attached hydrogen (secondary N) is 2. The minimum atomic E-state index is -4.55. The highest BCUT2D eigenvalue weighted by Crippen LogP contribution is 2.33. The minimum Gasteiger partial charge on any atom is -0.459 e. The van der Waals surface area contributed by atoms with E-state index in [4.69, 9.17) is 4.74 Å². The lowest BCUT2D eigenvalue weighted by Gasteiger charge is -2.51. The van der Waals surface area contributed by atoms with E-state index >= 15 is 0 Å². The van der Waals surface area contributed by atoms with Crippen LogP contribution in [0.4, 0.5) is 5.69 Å². The molecule has 12 nitrogen and oxygen atoms in total. The van der Waals surface area contributed by atoms with Crippen LogP contribution >= 0.6 is 0 Å². The van der Waals surface area contributed by atoms with Gasteiger partial charge in [0, 0.05) is 12.5 Å². The van der Waals surface area contributed by atoms with E-state index < -0.39 is 60.4 Å². The Morgan fingerprint density at radius 1 is 1.00 bits per heavy atom. The van der Waals surface area contributed by atoms with Crippen molar-refractivity contribution in [2.75, 3.05) is 6.54 Å². The lowest BCUT2D eigenvalue weighted by molar-refractivity contribution is -0.387. The average molecular weight is 609 g/mol. The van der Waals surface area contributed by atoms with Crippen LogP contribution < -0.4 is 10.0 Å². The first-order valence-corrected chi connectivity index (χ1v) is 14.9. The quantitative estimate of drug-likeness (QED) is 0.137. The highest BCUT2D eigenvalue weighted by atomic mass is 32.2. The molecule has 13 heteroatoms. The number of amides is 2. The van der Waals surface area contributed by atoms with E-state index in [1.807, 2.05) is 6.07 Å². The monoisotopic (exact) mass is 608 g/mol. The summed E-state index contributed by atoms with van der Waals surface area (Å²) in [5.41, 5.74) is -2.36. The molecular weight excluding hydrogens is 576 g/mol. The number of sulfonamides is 1. The van der Waals surface area contributed by atoms with E-state index in [-0.39, 0.29) is 19.6 Å². The Kier molecular flexibility index (Phi) is 8.97. The average Bonchev–Trinajstić information content (AvgIpc) is 2.98. The second-order valence-electron chi connectivity index (χ2n) is 10.9. The molecule has 1 aliphatic rings. The molecule has 2 atom stereocenters. The van der Waals surface area contributed by atoms with Crippen LogP contribution in [0.15, 0.2) is 89.8 Å². The minimum absolute atomic E-state index is 0.0147. The van der Waals surface area contributed by atoms with Crippen LogP contribution in [0.1, 0.15) is 31.9 Å². The van der Waals surface area contributed by atoms with Gasteiger partial charge in [-0.25, -0.2) is 13.2 Å². The molecule has 0 aromatic heterocycles. The van der Waals surface area contributed by atoms with Crippen molar-refractivity contribution in [1.82, 2.24) is 14.9 Å². The fourth-order valence-electron chi connectivity index (χ4n) is 4.77. The van der Waals surface area contributed by atoms with Crippen LogP contribution in [0, 0.1) is 10.1 Å². The maximum absolute atomic E-state index is 13.7. The first kappa shape index (κ1) is 31.3. The van der Waals surface area contributed by atoms with Crippen molar-refractivity contribution < 1.29 is 32.5 Å². The molecule has 0 unspecified atom stereocenters. The Bertz CT molecular complexity index is 1630. The number of nitro benzene ring substituents is 1. The Morgan fingerprint density at radius 3 is 2.14 bits per heavy atom. The number of para-hydroxylation sites is 1. The van der Waals surface area contributed by atoms with Gasteiger partial charge in [-0.05, 0) is 38.0 Å². The zero-order valence-electron chi connectivity index (χ0n) is 23.9. The van der Waals surface area contributed by atoms with Crippen LogP contribution in [0.2, 0.25) is 0 Å². The topological polar surface area (TPSA) is 165 Å². The van der Waals surface area contributed by atoms with Crippen LogP contribution in [-0.4, -0.2) is 59.7 Å². The summed E-state index contributed by atoms with van der Waals surface area (Å²) in [6, 6.07) is 21.5. The van der Waals surface area contributed by atoms with Gasteiger partial charge >= 0.3 is 5.97 Å². The van der Waals surface area contributed by atoms with Crippen molar-refractivity contribution in [3.8, 4) is 0 Å². The Balaban J connectivity index is 1.51. The van der Waals surface area contributed by atoms with Crippen LogP contribution in [-0.2, 0) is 42.2 Å². The number of esters is 1. The van der Waals surface area contributed by atoms with Gasteiger partial charge in [0.1, 0.15) is 23.7 Å². The van der Waals surface area contributed by atoms with E-state index in [1.54, 1.807) is 54.6 Å². The van der Waals surface area contributed by atoms with Gasteiger partial charge in [0.05, 0.1) is 11.5 Å². The van der Waals surface area contributed by atoms with Gasteiger partial charge in [0.25, 0.3) is 5.69 Å². The van der Waals surface area contributed by atoms with Gasteiger partial charge < -0.3 is 15.0 Å². The molecule has 0 spiro atoms. The van der Waals surface area contributed by atoms with E-state index in [0.29, 0.717) is 5.56 Å². The van der Waals surface area contributed by atoms with E-state index in [0.717, 1.165) is 17.7 Å². The summed E-state index contributed by atoms with van der Waals surface area (Å²) in [7, 11) is -4.55. The van der Waals surface area contributed by atoms with Gasteiger partial charge in [0.2, 0.25) is 21.8 Å². The summed E-state index contributed by atoms with van der Waals surface area (Å²) in [5, 5.41) is 14.1. The summed E-state index contributed by atoms with van der Waals surface area (Å²) in [5.74, 6) is -2.02. The molecule has 4 rings (SSSR count). The number of hydrogen-bond donors (Lipinski definition) is 2. The van der Waals surface area contributed by atoms with E-state index in [1.165, 1.54) is 37.8 Å². The fourth-order valence-corrected chi connectivity index (χ4v) is 6.29. The normalized spacial score (nSPS) is 17.5. The van der Waals surface area contributed by atoms with Crippen molar-refractivity contribution in [1.29, 1.82) is 0 Å². The molecule has 43 heavy (non-hydrogen) atoms. The van der Waals surface area contributed by atoms with Gasteiger partial charge in [-0.1, -0.05) is 72.8 Å². The number of rotatable bonds is 12. The molecule has 1 heterocycles. The molecule has 3 aromatic carbocycles. The number of benzene rings is 3. The second kappa shape index (κ2) is 12.3. The summed E-state index contributed by atoms with van der Waals surface area (Å²) in [6.07, 6.45) is -0.0608. The smallest absolute Gasteiger partial charge is 0.331 e. The van der Waals surface area contributed by atoms with Gasteiger partial charge in [-0.15, -0.1) is 0 Å². The lowest BCUT2D eigenvalue weighted by atomic mass is 9.82. The lowest BCUT2D eigenvalue weighted by Crippen LogP contribution is -2.77. The predicted molar refractivity (Wildman–Crippen MR) is 156 cm³/mol. The van der Waals surface area contributed by atoms with Crippen LogP contribution in [0.25, 0.3) is 0 Å². The molecule has 2 N–H and O–H groups in total. The molecule has 0 saturated carbocycles. The van der Waals surface area contributed by atoms with Crippen molar-refractivity contribution in [2.45, 2.75) is 55.8 Å². The first-order valence-electron chi connectivity index (χ1n) is 13.4. The zero-order valence-corrected chi connectivity index (χ0v) is 24.7. The van der Waals surface area contributed by atoms with Crippen molar-refractivity contribution in [3.05, 3.63) is 106 Å². The Morgan fingerprint density at radius 2 is 1.56 bits per heavy atom. The molecule has 0 bridgehead atoms. The molecule has 0 radical (unpaired) electrons. The summed E-state index contributed by atoms with van der Waals surface area (Å²) < 4.78 is 34.6. The number of β-lactam (4-membered cyclic amide) rings is 1. The molecule has 3 aromatic rings. The first-order chi connectivity index (χ1) is 20.3. The Labute approximate surface area is 249 Å². The largest absolute Gasteiger partial charge is 0.459 e. The van der Waals surface area contributed by atoms with Crippen LogP contribution in [0.3, 0.4) is 0 Å². The SMILES string of the molecule is C[C@H](C(=O)NC(C)(C)C(=O)OCc1ccccc1)N1C[C@@](Cc2ccccc2)(NS(=O)(=O)c2ccccc2[N+](=O)[O-])C1=O. The number of nitrogens with zero attached hydrogens (tertiary/aromatic N) is 2. The number of carbonyl (C=O) groups excluding carboxylic acids is 3.